The number of rotatable bonds is 3. The Morgan fingerprint density at radius 3 is 2.83 bits per heavy atom. The molecule has 1 aromatic rings. The van der Waals surface area contributed by atoms with Crippen LogP contribution in [0.25, 0.3) is 0 Å². The van der Waals surface area contributed by atoms with Crippen LogP contribution in [0.3, 0.4) is 0 Å². The quantitative estimate of drug-likeness (QED) is 0.839. The topological polar surface area (TPSA) is 65.5 Å². The van der Waals surface area contributed by atoms with Gasteiger partial charge in [-0.05, 0) is 36.3 Å². The molecule has 0 bridgehead atoms. The molecule has 18 heavy (non-hydrogen) atoms. The molecule has 4 nitrogen and oxygen atoms in total. The Hall–Kier alpha value is -1.29. The predicted octanol–water partition coefficient (Wildman–Crippen LogP) is 2.89. The Bertz CT molecular complexity index is 436. The normalized spacial score (nSPS) is 23.9. The van der Waals surface area contributed by atoms with Gasteiger partial charge in [-0.3, -0.25) is 0 Å². The molecule has 1 fully saturated rings. The van der Waals surface area contributed by atoms with E-state index in [9.17, 15) is 4.79 Å². The van der Waals surface area contributed by atoms with Crippen molar-refractivity contribution in [1.82, 2.24) is 0 Å². The highest BCUT2D eigenvalue weighted by Crippen LogP contribution is 2.47. The molecule has 0 amide bonds. The zero-order valence-corrected chi connectivity index (χ0v) is 11.2. The highest BCUT2D eigenvalue weighted by molar-refractivity contribution is 5.86. The van der Waals surface area contributed by atoms with E-state index in [2.05, 4.69) is 18.6 Å². The average molecular weight is 251 g/mol. The molecule has 2 rings (SSSR count). The van der Waals surface area contributed by atoms with Crippen LogP contribution in [-0.2, 0) is 4.74 Å². The van der Waals surface area contributed by atoms with E-state index in [0.29, 0.717) is 11.7 Å². The fraction of sp³-hybridized carbons (Fsp3) is 0.643. The SMILES string of the molecule is COC(=O)c1ccc(C(N)C2CCCC2(C)C)o1. The first-order chi connectivity index (χ1) is 8.45. The van der Waals surface area contributed by atoms with E-state index in [1.165, 1.54) is 20.0 Å². The maximum atomic E-state index is 11.3. The lowest BCUT2D eigenvalue weighted by atomic mass is 9.77. The molecule has 0 aromatic carbocycles. The number of methoxy groups -OCH3 is 1. The summed E-state index contributed by atoms with van der Waals surface area (Å²) in [7, 11) is 1.34. The van der Waals surface area contributed by atoms with Crippen LogP contribution in [0.4, 0.5) is 0 Å². The lowest BCUT2D eigenvalue weighted by Crippen LogP contribution is -2.29. The molecule has 0 spiro atoms. The van der Waals surface area contributed by atoms with Crippen molar-refractivity contribution in [1.29, 1.82) is 0 Å². The summed E-state index contributed by atoms with van der Waals surface area (Å²) in [6.45, 7) is 4.49. The smallest absolute Gasteiger partial charge is 0.373 e. The van der Waals surface area contributed by atoms with Crippen LogP contribution in [0.15, 0.2) is 16.5 Å². The van der Waals surface area contributed by atoms with Gasteiger partial charge in [0.05, 0.1) is 13.2 Å². The van der Waals surface area contributed by atoms with Crippen molar-refractivity contribution in [3.63, 3.8) is 0 Å². The molecule has 2 atom stereocenters. The fourth-order valence-corrected chi connectivity index (χ4v) is 2.96. The van der Waals surface area contributed by atoms with Crippen molar-refractivity contribution in [2.24, 2.45) is 17.1 Å². The second kappa shape index (κ2) is 4.76. The zero-order chi connectivity index (χ0) is 13.3. The van der Waals surface area contributed by atoms with E-state index in [1.807, 2.05) is 0 Å². The first kappa shape index (κ1) is 13.1. The molecule has 0 radical (unpaired) electrons. The van der Waals surface area contributed by atoms with Crippen LogP contribution in [0.5, 0.6) is 0 Å². The van der Waals surface area contributed by atoms with Crippen molar-refractivity contribution in [3.8, 4) is 0 Å². The number of furan rings is 1. The third-order valence-corrected chi connectivity index (χ3v) is 4.12. The molecule has 1 aromatic heterocycles. The van der Waals surface area contributed by atoms with E-state index in [1.54, 1.807) is 12.1 Å². The Kier molecular flexibility index (Phi) is 3.48. The maximum Gasteiger partial charge on any atom is 0.373 e. The molecule has 2 unspecified atom stereocenters. The molecule has 2 N–H and O–H groups in total. The van der Waals surface area contributed by atoms with Crippen molar-refractivity contribution < 1.29 is 13.9 Å². The molecular weight excluding hydrogens is 230 g/mol. The minimum Gasteiger partial charge on any atom is -0.463 e. The summed E-state index contributed by atoms with van der Waals surface area (Å²) in [5.74, 6) is 0.836. The van der Waals surface area contributed by atoms with E-state index in [-0.39, 0.29) is 17.2 Å². The molecule has 100 valence electrons. The summed E-state index contributed by atoms with van der Waals surface area (Å²) in [4.78, 5) is 11.3. The van der Waals surface area contributed by atoms with Crippen LogP contribution in [0, 0.1) is 11.3 Å². The Labute approximate surface area is 107 Å². The number of hydrogen-bond acceptors (Lipinski definition) is 4. The monoisotopic (exact) mass is 251 g/mol. The van der Waals surface area contributed by atoms with Crippen LogP contribution in [0.1, 0.15) is 55.5 Å². The maximum absolute atomic E-state index is 11.3. The van der Waals surface area contributed by atoms with E-state index < -0.39 is 5.97 Å². The molecule has 1 aliphatic carbocycles. The number of hydrogen-bond donors (Lipinski definition) is 1. The highest BCUT2D eigenvalue weighted by Gasteiger charge is 2.39. The van der Waals surface area contributed by atoms with Gasteiger partial charge in [-0.1, -0.05) is 20.3 Å². The van der Waals surface area contributed by atoms with Crippen molar-refractivity contribution in [3.05, 3.63) is 23.7 Å². The Morgan fingerprint density at radius 2 is 2.28 bits per heavy atom. The summed E-state index contributed by atoms with van der Waals surface area (Å²) in [6, 6.07) is 3.26. The van der Waals surface area contributed by atoms with Gasteiger partial charge >= 0.3 is 5.97 Å². The average Bonchev–Trinajstić information content (AvgIpc) is 2.93. The fourth-order valence-electron chi connectivity index (χ4n) is 2.96. The predicted molar refractivity (Wildman–Crippen MR) is 68.1 cm³/mol. The number of carbonyl (C=O) groups is 1. The number of carbonyl (C=O) groups excluding carboxylic acids is 1. The van der Waals surface area contributed by atoms with Crippen LogP contribution < -0.4 is 5.73 Å². The summed E-state index contributed by atoms with van der Waals surface area (Å²) >= 11 is 0. The van der Waals surface area contributed by atoms with Crippen LogP contribution in [0.2, 0.25) is 0 Å². The molecule has 0 aliphatic heterocycles. The molecule has 4 heteroatoms. The standard InChI is InChI=1S/C14H21NO3/c1-14(2)8-4-5-9(14)12(15)10-6-7-11(18-10)13(16)17-3/h6-7,9,12H,4-5,8,15H2,1-3H3. The lowest BCUT2D eigenvalue weighted by Gasteiger charge is -2.30. The van der Waals surface area contributed by atoms with Gasteiger partial charge in [0.15, 0.2) is 0 Å². The second-order valence-corrected chi connectivity index (χ2v) is 5.71. The summed E-state index contributed by atoms with van der Waals surface area (Å²) in [5, 5.41) is 0. The van der Waals surface area contributed by atoms with Gasteiger partial charge in [0, 0.05) is 0 Å². The largest absolute Gasteiger partial charge is 0.463 e. The minimum absolute atomic E-state index is 0.152. The lowest BCUT2D eigenvalue weighted by molar-refractivity contribution is 0.0560. The Balaban J connectivity index is 2.16. The number of ether oxygens (including phenoxy) is 1. The third-order valence-electron chi connectivity index (χ3n) is 4.12. The summed E-state index contributed by atoms with van der Waals surface area (Å²) < 4.78 is 10.1. The first-order valence-electron chi connectivity index (χ1n) is 6.39. The second-order valence-electron chi connectivity index (χ2n) is 5.71. The number of nitrogens with two attached hydrogens (primary N) is 1. The van der Waals surface area contributed by atoms with Gasteiger partial charge in [0.2, 0.25) is 5.76 Å². The van der Waals surface area contributed by atoms with Crippen LogP contribution >= 0.6 is 0 Å². The van der Waals surface area contributed by atoms with Crippen LogP contribution in [-0.4, -0.2) is 13.1 Å². The van der Waals surface area contributed by atoms with Gasteiger partial charge in [-0.15, -0.1) is 0 Å². The van der Waals surface area contributed by atoms with Gasteiger partial charge in [-0.2, -0.15) is 0 Å². The van der Waals surface area contributed by atoms with Crippen molar-refractivity contribution in [2.75, 3.05) is 7.11 Å². The summed E-state index contributed by atoms with van der Waals surface area (Å²) in [6.07, 6.45) is 3.51. The van der Waals surface area contributed by atoms with Crippen molar-refractivity contribution >= 4 is 5.97 Å². The summed E-state index contributed by atoms with van der Waals surface area (Å²) in [5.41, 5.74) is 6.52. The molecular formula is C14H21NO3. The minimum atomic E-state index is -0.459. The van der Waals surface area contributed by atoms with Gasteiger partial charge < -0.3 is 14.9 Å². The molecule has 1 aliphatic rings. The Morgan fingerprint density at radius 1 is 1.56 bits per heavy atom. The molecule has 1 heterocycles. The van der Waals surface area contributed by atoms with E-state index >= 15 is 0 Å². The van der Waals surface area contributed by atoms with Gasteiger partial charge in [0.1, 0.15) is 5.76 Å². The van der Waals surface area contributed by atoms with Crippen molar-refractivity contribution in [2.45, 2.75) is 39.2 Å². The van der Waals surface area contributed by atoms with Gasteiger partial charge in [-0.25, -0.2) is 4.79 Å². The third kappa shape index (κ3) is 2.29. The van der Waals surface area contributed by atoms with Gasteiger partial charge in [0.25, 0.3) is 0 Å². The number of esters is 1. The molecule has 0 saturated heterocycles. The molecule has 1 saturated carbocycles. The zero-order valence-electron chi connectivity index (χ0n) is 11.2. The first-order valence-corrected chi connectivity index (χ1v) is 6.39. The highest BCUT2D eigenvalue weighted by atomic mass is 16.5. The van der Waals surface area contributed by atoms with E-state index in [4.69, 9.17) is 10.2 Å². The van der Waals surface area contributed by atoms with E-state index in [0.717, 1.165) is 6.42 Å².